The van der Waals surface area contributed by atoms with Crippen molar-refractivity contribution in [1.82, 2.24) is 10.3 Å². The van der Waals surface area contributed by atoms with Gasteiger partial charge in [-0.1, -0.05) is 30.3 Å². The molecule has 0 aliphatic carbocycles. The van der Waals surface area contributed by atoms with Gasteiger partial charge in [0.15, 0.2) is 5.11 Å². The molecule has 33 heavy (non-hydrogen) atoms. The van der Waals surface area contributed by atoms with Crippen molar-refractivity contribution in [3.63, 3.8) is 0 Å². The van der Waals surface area contributed by atoms with Crippen LogP contribution in [0, 0.1) is 6.92 Å². The second-order valence-corrected chi connectivity index (χ2v) is 8.31. The molecule has 1 fully saturated rings. The molecule has 0 bridgehead atoms. The van der Waals surface area contributed by atoms with Crippen LogP contribution in [0.2, 0.25) is 0 Å². The van der Waals surface area contributed by atoms with Crippen LogP contribution in [-0.4, -0.2) is 21.2 Å². The summed E-state index contributed by atoms with van der Waals surface area (Å²) in [7, 11) is 0. The lowest BCUT2D eigenvalue weighted by atomic mass is 10.0. The lowest BCUT2D eigenvalue weighted by molar-refractivity contribution is 0.0697. The third-order valence-electron chi connectivity index (χ3n) is 5.71. The fourth-order valence-electron chi connectivity index (χ4n) is 4.14. The van der Waals surface area contributed by atoms with Gasteiger partial charge in [-0.3, -0.25) is 4.98 Å². The lowest BCUT2D eigenvalue weighted by Crippen LogP contribution is -2.29. The van der Waals surface area contributed by atoms with Gasteiger partial charge in [0, 0.05) is 17.4 Å². The fourth-order valence-corrected chi connectivity index (χ4v) is 4.49. The van der Waals surface area contributed by atoms with Crippen molar-refractivity contribution in [1.29, 1.82) is 0 Å². The van der Waals surface area contributed by atoms with Crippen molar-refractivity contribution in [2.24, 2.45) is 0 Å². The molecule has 0 saturated carbocycles. The second-order valence-electron chi connectivity index (χ2n) is 7.92. The Balaban J connectivity index is 1.57. The van der Waals surface area contributed by atoms with Crippen molar-refractivity contribution in [2.75, 3.05) is 4.90 Å². The quantitative estimate of drug-likeness (QED) is 0.383. The minimum Gasteiger partial charge on any atom is -0.478 e. The summed E-state index contributed by atoms with van der Waals surface area (Å²) in [5, 5.41) is 13.2. The van der Waals surface area contributed by atoms with E-state index in [-0.39, 0.29) is 17.6 Å². The van der Waals surface area contributed by atoms with Crippen LogP contribution in [0.3, 0.4) is 0 Å². The van der Waals surface area contributed by atoms with Crippen molar-refractivity contribution in [3.8, 4) is 11.3 Å². The van der Waals surface area contributed by atoms with E-state index in [4.69, 9.17) is 21.7 Å². The van der Waals surface area contributed by atoms with Crippen molar-refractivity contribution < 1.29 is 14.3 Å². The number of aromatic nitrogens is 1. The summed E-state index contributed by atoms with van der Waals surface area (Å²) in [6.45, 7) is 2.05. The van der Waals surface area contributed by atoms with Gasteiger partial charge in [0.25, 0.3) is 0 Å². The number of furan rings is 1. The molecule has 2 N–H and O–H groups in total. The Kier molecular flexibility index (Phi) is 5.40. The Morgan fingerprint density at radius 1 is 1.06 bits per heavy atom. The topological polar surface area (TPSA) is 78.6 Å². The number of carboxylic acid groups (broad SMARTS) is 1. The molecular formula is C26H21N3O3S. The van der Waals surface area contributed by atoms with Crippen LogP contribution >= 0.6 is 12.2 Å². The highest BCUT2D eigenvalue weighted by atomic mass is 32.1. The zero-order valence-corrected chi connectivity index (χ0v) is 18.6. The van der Waals surface area contributed by atoms with Gasteiger partial charge >= 0.3 is 5.97 Å². The Labute approximate surface area is 196 Å². The number of aryl methyl sites for hydroxylation is 1. The monoisotopic (exact) mass is 455 g/mol. The SMILES string of the molecule is Cc1cccc(N2C(=S)NC(c3ccccn3)C2c2ccc(-c3ccc(C(=O)O)cc3)o2)c1. The normalized spacial score (nSPS) is 17.7. The molecule has 6 nitrogen and oxygen atoms in total. The number of hydrogen-bond acceptors (Lipinski definition) is 4. The first-order chi connectivity index (χ1) is 16.0. The number of thiocarbonyl (C=S) groups is 1. The van der Waals surface area contributed by atoms with Gasteiger partial charge in [0.1, 0.15) is 17.6 Å². The van der Waals surface area contributed by atoms with Crippen LogP contribution in [0.15, 0.2) is 89.5 Å². The van der Waals surface area contributed by atoms with Gasteiger partial charge in [-0.2, -0.15) is 0 Å². The van der Waals surface area contributed by atoms with E-state index in [2.05, 4.69) is 21.3 Å². The van der Waals surface area contributed by atoms with E-state index >= 15 is 0 Å². The maximum Gasteiger partial charge on any atom is 0.335 e. The van der Waals surface area contributed by atoms with Crippen LogP contribution in [0.25, 0.3) is 11.3 Å². The number of aromatic carboxylic acids is 1. The summed E-state index contributed by atoms with van der Waals surface area (Å²) in [4.78, 5) is 17.8. The van der Waals surface area contributed by atoms with E-state index in [0.717, 1.165) is 28.3 Å². The zero-order valence-electron chi connectivity index (χ0n) is 17.8. The van der Waals surface area contributed by atoms with E-state index in [9.17, 15) is 4.79 Å². The van der Waals surface area contributed by atoms with Gasteiger partial charge in [-0.15, -0.1) is 0 Å². The summed E-state index contributed by atoms with van der Waals surface area (Å²) in [6.07, 6.45) is 1.77. The Bertz CT molecular complexity index is 1320. The van der Waals surface area contributed by atoms with E-state index in [0.29, 0.717) is 10.9 Å². The van der Waals surface area contributed by atoms with Gasteiger partial charge in [-0.25, -0.2) is 4.79 Å². The first-order valence-electron chi connectivity index (χ1n) is 10.5. The average molecular weight is 456 g/mol. The summed E-state index contributed by atoms with van der Waals surface area (Å²) < 4.78 is 6.32. The zero-order chi connectivity index (χ0) is 22.9. The molecule has 4 aromatic rings. The number of carboxylic acids is 1. The van der Waals surface area contributed by atoms with E-state index in [1.54, 1.807) is 30.5 Å². The smallest absolute Gasteiger partial charge is 0.335 e. The third-order valence-corrected chi connectivity index (χ3v) is 6.03. The number of nitrogens with zero attached hydrogens (tertiary/aromatic N) is 2. The largest absolute Gasteiger partial charge is 0.478 e. The van der Waals surface area contributed by atoms with Crippen LogP contribution in [0.4, 0.5) is 5.69 Å². The first-order valence-corrected chi connectivity index (χ1v) is 10.9. The van der Waals surface area contributed by atoms with Crippen LogP contribution in [0.5, 0.6) is 0 Å². The highest BCUT2D eigenvalue weighted by molar-refractivity contribution is 7.80. The molecule has 164 valence electrons. The molecule has 1 saturated heterocycles. The van der Waals surface area contributed by atoms with E-state index in [1.165, 1.54) is 0 Å². The van der Waals surface area contributed by atoms with Crippen LogP contribution < -0.4 is 10.2 Å². The second kappa shape index (κ2) is 8.52. The molecule has 1 aliphatic rings. The number of nitrogens with one attached hydrogen (secondary N) is 1. The molecule has 2 aromatic heterocycles. The van der Waals surface area contributed by atoms with E-state index < -0.39 is 5.97 Å². The number of benzene rings is 2. The van der Waals surface area contributed by atoms with Gasteiger partial charge < -0.3 is 19.7 Å². The minimum atomic E-state index is -0.959. The standard InChI is InChI=1S/C26H21N3O3S/c1-16-5-4-6-19(15-16)29-24(23(28-26(29)33)20-7-2-3-14-27-20)22-13-12-21(32-22)17-8-10-18(11-9-17)25(30)31/h2-15,23-24H,1H3,(H,28,33)(H,30,31). The van der Waals surface area contributed by atoms with Gasteiger partial charge in [0.2, 0.25) is 0 Å². The van der Waals surface area contributed by atoms with Gasteiger partial charge in [0.05, 0.1) is 17.3 Å². The number of pyridine rings is 1. The van der Waals surface area contributed by atoms with Crippen LogP contribution in [0.1, 0.15) is 39.5 Å². The number of rotatable bonds is 5. The third kappa shape index (κ3) is 3.99. The van der Waals surface area contributed by atoms with Crippen molar-refractivity contribution in [2.45, 2.75) is 19.0 Å². The van der Waals surface area contributed by atoms with Crippen molar-refractivity contribution in [3.05, 3.63) is 108 Å². The lowest BCUT2D eigenvalue weighted by Gasteiger charge is -2.26. The number of anilines is 1. The highest BCUT2D eigenvalue weighted by Gasteiger charge is 2.42. The average Bonchev–Trinajstić information content (AvgIpc) is 3.44. The number of carbonyl (C=O) groups is 1. The van der Waals surface area contributed by atoms with Crippen LogP contribution in [-0.2, 0) is 0 Å². The number of hydrogen-bond donors (Lipinski definition) is 2. The molecule has 2 unspecified atom stereocenters. The Morgan fingerprint density at radius 2 is 1.88 bits per heavy atom. The Hall–Kier alpha value is -3.97. The molecule has 0 spiro atoms. The molecule has 2 atom stereocenters. The predicted molar refractivity (Wildman–Crippen MR) is 130 cm³/mol. The molecule has 1 aliphatic heterocycles. The highest BCUT2D eigenvalue weighted by Crippen LogP contribution is 2.43. The molecule has 2 aromatic carbocycles. The minimum absolute atomic E-state index is 0.201. The van der Waals surface area contributed by atoms with Gasteiger partial charge in [-0.05, 0) is 73.2 Å². The Morgan fingerprint density at radius 3 is 2.58 bits per heavy atom. The molecule has 0 radical (unpaired) electrons. The predicted octanol–water partition coefficient (Wildman–Crippen LogP) is 5.53. The summed E-state index contributed by atoms with van der Waals surface area (Å²) in [5.41, 5.74) is 4.01. The molecule has 7 heteroatoms. The first kappa shape index (κ1) is 20.9. The maximum atomic E-state index is 11.2. The van der Waals surface area contributed by atoms with E-state index in [1.807, 2.05) is 55.5 Å². The molecule has 3 heterocycles. The summed E-state index contributed by atoms with van der Waals surface area (Å²) in [6, 6.07) is 24.0. The summed E-state index contributed by atoms with van der Waals surface area (Å²) in [5.74, 6) is 0.430. The maximum absolute atomic E-state index is 11.2. The van der Waals surface area contributed by atoms with Crippen molar-refractivity contribution >= 4 is 29.0 Å². The fraction of sp³-hybridized carbons (Fsp3) is 0.115. The molecular weight excluding hydrogens is 434 g/mol. The summed E-state index contributed by atoms with van der Waals surface area (Å²) >= 11 is 5.75. The molecule has 0 amide bonds. The molecule has 5 rings (SSSR count).